The number of rotatable bonds is 4. The number of nitrogens with one attached hydrogen (secondary N) is 1. The van der Waals surface area contributed by atoms with Gasteiger partial charge in [-0.1, -0.05) is 23.7 Å². The Kier molecular flexibility index (Phi) is 4.43. The second kappa shape index (κ2) is 6.18. The monoisotopic (exact) mass is 342 g/mol. The lowest BCUT2D eigenvalue weighted by molar-refractivity contribution is -0.126. The molecule has 1 saturated carbocycles. The minimum Gasteiger partial charge on any atom is -0.353 e. The van der Waals surface area contributed by atoms with Gasteiger partial charge in [0.25, 0.3) is 0 Å². The average Bonchev–Trinajstić information content (AvgIpc) is 3.31. The van der Waals surface area contributed by atoms with Gasteiger partial charge in [-0.05, 0) is 37.8 Å². The number of benzene rings is 1. The van der Waals surface area contributed by atoms with E-state index in [1.807, 2.05) is 0 Å². The zero-order valence-electron chi connectivity index (χ0n) is 12.2. The summed E-state index contributed by atoms with van der Waals surface area (Å²) in [6.07, 6.45) is 3.24. The van der Waals surface area contributed by atoms with E-state index in [9.17, 15) is 13.2 Å². The SMILES string of the molecule is O=C(NC1CC1)C1CCN(S(=O)(=O)c2ccccc2Cl)CC1. The molecule has 1 aromatic carbocycles. The third kappa shape index (κ3) is 3.29. The van der Waals surface area contributed by atoms with Crippen molar-refractivity contribution in [3.63, 3.8) is 0 Å². The molecule has 0 bridgehead atoms. The molecule has 2 fully saturated rings. The Morgan fingerprint density at radius 3 is 2.36 bits per heavy atom. The van der Waals surface area contributed by atoms with Gasteiger partial charge in [0, 0.05) is 25.0 Å². The van der Waals surface area contributed by atoms with Crippen molar-refractivity contribution in [1.29, 1.82) is 0 Å². The fourth-order valence-corrected chi connectivity index (χ4v) is 4.66. The van der Waals surface area contributed by atoms with E-state index >= 15 is 0 Å². The van der Waals surface area contributed by atoms with E-state index in [0.717, 1.165) is 12.8 Å². The third-order valence-electron chi connectivity index (χ3n) is 4.20. The van der Waals surface area contributed by atoms with Gasteiger partial charge in [-0.25, -0.2) is 8.42 Å². The zero-order chi connectivity index (χ0) is 15.7. The summed E-state index contributed by atoms with van der Waals surface area (Å²) in [4.78, 5) is 12.2. The lowest BCUT2D eigenvalue weighted by Gasteiger charge is -2.30. The van der Waals surface area contributed by atoms with Gasteiger partial charge in [-0.2, -0.15) is 4.31 Å². The number of piperidine rings is 1. The molecule has 0 spiro atoms. The number of halogens is 1. The fourth-order valence-electron chi connectivity index (χ4n) is 2.70. The topological polar surface area (TPSA) is 66.5 Å². The number of hydrogen-bond donors (Lipinski definition) is 1. The molecule has 1 N–H and O–H groups in total. The number of amides is 1. The van der Waals surface area contributed by atoms with Gasteiger partial charge < -0.3 is 5.32 Å². The molecule has 2 aliphatic rings. The Bertz CT molecular complexity index is 665. The largest absolute Gasteiger partial charge is 0.353 e. The summed E-state index contributed by atoms with van der Waals surface area (Å²) in [5, 5.41) is 3.22. The standard InChI is InChI=1S/C15H19ClN2O3S/c16-13-3-1-2-4-14(13)22(20,21)18-9-7-11(8-10-18)15(19)17-12-5-6-12/h1-4,11-12H,5-10H2,(H,17,19). The van der Waals surface area contributed by atoms with Crippen LogP contribution in [-0.2, 0) is 14.8 Å². The smallest absolute Gasteiger partial charge is 0.244 e. The molecule has 0 radical (unpaired) electrons. The molecule has 0 unspecified atom stereocenters. The molecule has 0 aromatic heterocycles. The van der Waals surface area contributed by atoms with E-state index in [-0.39, 0.29) is 21.7 Å². The lowest BCUT2D eigenvalue weighted by Crippen LogP contribution is -2.43. The van der Waals surface area contributed by atoms with Crippen molar-refractivity contribution in [3.8, 4) is 0 Å². The van der Waals surface area contributed by atoms with Crippen LogP contribution in [0.25, 0.3) is 0 Å². The maximum absolute atomic E-state index is 12.6. The first kappa shape index (κ1) is 15.8. The summed E-state index contributed by atoms with van der Waals surface area (Å²) in [6, 6.07) is 6.80. The van der Waals surface area contributed by atoms with Gasteiger partial charge in [-0.3, -0.25) is 4.79 Å². The first-order valence-electron chi connectivity index (χ1n) is 7.53. The second-order valence-corrected chi connectivity index (χ2v) is 8.21. The van der Waals surface area contributed by atoms with E-state index in [2.05, 4.69) is 5.32 Å². The van der Waals surface area contributed by atoms with Gasteiger partial charge in [-0.15, -0.1) is 0 Å². The third-order valence-corrected chi connectivity index (χ3v) is 6.60. The van der Waals surface area contributed by atoms with Crippen LogP contribution < -0.4 is 5.32 Å². The van der Waals surface area contributed by atoms with Crippen LogP contribution >= 0.6 is 11.6 Å². The number of hydrogen-bond acceptors (Lipinski definition) is 3. The molecule has 1 aliphatic carbocycles. The van der Waals surface area contributed by atoms with Crippen LogP contribution in [0, 0.1) is 5.92 Å². The summed E-state index contributed by atoms with van der Waals surface area (Å²) in [5.74, 6) is -0.0180. The second-order valence-electron chi connectivity index (χ2n) is 5.89. The molecule has 1 aliphatic heterocycles. The van der Waals surface area contributed by atoms with Crippen molar-refractivity contribution in [2.24, 2.45) is 5.92 Å². The van der Waals surface area contributed by atoms with Crippen molar-refractivity contribution < 1.29 is 13.2 Å². The van der Waals surface area contributed by atoms with Gasteiger partial charge in [0.1, 0.15) is 4.90 Å². The van der Waals surface area contributed by atoms with Crippen LogP contribution in [0.4, 0.5) is 0 Å². The first-order chi connectivity index (χ1) is 10.5. The Hall–Kier alpha value is -1.11. The molecule has 22 heavy (non-hydrogen) atoms. The minimum atomic E-state index is -3.58. The summed E-state index contributed by atoms with van der Waals surface area (Å²) in [6.45, 7) is 0.715. The lowest BCUT2D eigenvalue weighted by atomic mass is 9.97. The van der Waals surface area contributed by atoms with E-state index < -0.39 is 10.0 Å². The highest BCUT2D eigenvalue weighted by molar-refractivity contribution is 7.89. The molecular weight excluding hydrogens is 324 g/mol. The van der Waals surface area contributed by atoms with Crippen molar-refractivity contribution in [1.82, 2.24) is 9.62 Å². The van der Waals surface area contributed by atoms with Crippen molar-refractivity contribution in [2.75, 3.05) is 13.1 Å². The van der Waals surface area contributed by atoms with Crippen LogP contribution in [0.5, 0.6) is 0 Å². The van der Waals surface area contributed by atoms with Crippen molar-refractivity contribution in [2.45, 2.75) is 36.6 Å². The number of sulfonamides is 1. The maximum atomic E-state index is 12.6. The molecule has 120 valence electrons. The van der Waals surface area contributed by atoms with E-state index in [4.69, 9.17) is 11.6 Å². The molecule has 1 amide bonds. The quantitative estimate of drug-likeness (QED) is 0.910. The van der Waals surface area contributed by atoms with Crippen LogP contribution in [0.2, 0.25) is 5.02 Å². The molecule has 1 saturated heterocycles. The van der Waals surface area contributed by atoms with Crippen LogP contribution in [0.3, 0.4) is 0 Å². The van der Waals surface area contributed by atoms with Crippen molar-refractivity contribution in [3.05, 3.63) is 29.3 Å². The van der Waals surface area contributed by atoms with Crippen LogP contribution in [-0.4, -0.2) is 37.8 Å². The minimum absolute atomic E-state index is 0.0669. The zero-order valence-corrected chi connectivity index (χ0v) is 13.7. The summed E-state index contributed by atoms with van der Waals surface area (Å²) in [7, 11) is -3.58. The Morgan fingerprint density at radius 2 is 1.77 bits per heavy atom. The van der Waals surface area contributed by atoms with E-state index in [1.54, 1.807) is 18.2 Å². The van der Waals surface area contributed by atoms with Crippen LogP contribution in [0.1, 0.15) is 25.7 Å². The summed E-state index contributed by atoms with van der Waals surface area (Å²) in [5.41, 5.74) is 0. The van der Waals surface area contributed by atoms with Crippen molar-refractivity contribution >= 4 is 27.5 Å². The first-order valence-corrected chi connectivity index (χ1v) is 9.35. The molecule has 0 atom stereocenters. The Morgan fingerprint density at radius 1 is 1.14 bits per heavy atom. The van der Waals surface area contributed by atoms with E-state index in [1.165, 1.54) is 10.4 Å². The maximum Gasteiger partial charge on any atom is 0.244 e. The fraction of sp³-hybridized carbons (Fsp3) is 0.533. The van der Waals surface area contributed by atoms with Gasteiger partial charge in [0.2, 0.25) is 15.9 Å². The predicted octanol–water partition coefficient (Wildman–Crippen LogP) is 2.02. The summed E-state index contributed by atoms with van der Waals surface area (Å²) >= 11 is 6.00. The molecule has 1 aromatic rings. The van der Waals surface area contributed by atoms with Gasteiger partial charge >= 0.3 is 0 Å². The Balaban J connectivity index is 1.65. The van der Waals surface area contributed by atoms with E-state index in [0.29, 0.717) is 32.0 Å². The number of nitrogens with zero attached hydrogens (tertiary/aromatic N) is 1. The molecule has 1 heterocycles. The highest BCUT2D eigenvalue weighted by Gasteiger charge is 2.34. The van der Waals surface area contributed by atoms with Gasteiger partial charge in [0.05, 0.1) is 5.02 Å². The van der Waals surface area contributed by atoms with Gasteiger partial charge in [0.15, 0.2) is 0 Å². The highest BCUT2D eigenvalue weighted by atomic mass is 35.5. The average molecular weight is 343 g/mol. The molecule has 7 heteroatoms. The summed E-state index contributed by atoms with van der Waals surface area (Å²) < 4.78 is 26.7. The Labute approximate surface area is 135 Å². The predicted molar refractivity (Wildman–Crippen MR) is 84.1 cm³/mol. The molecule has 3 rings (SSSR count). The number of carbonyl (C=O) groups excluding carboxylic acids is 1. The normalized spacial score (nSPS) is 20.8. The highest BCUT2D eigenvalue weighted by Crippen LogP contribution is 2.28. The van der Waals surface area contributed by atoms with Crippen LogP contribution in [0.15, 0.2) is 29.2 Å². The number of carbonyl (C=O) groups is 1. The molecular formula is C15H19ClN2O3S. The molecule has 5 nitrogen and oxygen atoms in total.